The van der Waals surface area contributed by atoms with Crippen molar-refractivity contribution in [3.63, 3.8) is 0 Å². The Hall–Kier alpha value is -3.61. The largest absolute Gasteiger partial charge is 0.490 e. The van der Waals surface area contributed by atoms with E-state index < -0.39 is 85.7 Å². The van der Waals surface area contributed by atoms with Crippen LogP contribution < -0.4 is 16.6 Å². The Labute approximate surface area is 291 Å². The molecule has 8 atom stereocenters. The molecular weight excluding hydrogens is 778 g/mol. The lowest BCUT2D eigenvalue weighted by Gasteiger charge is -2.22. The molecule has 0 spiro atoms. The number of hydrogen-bond donors (Lipinski definition) is 7. The number of phosphoric ester groups is 1. The number of para-hydroxylation sites is 1. The third-order valence-electron chi connectivity index (χ3n) is 7.00. The van der Waals surface area contributed by atoms with Gasteiger partial charge in [-0.15, -0.1) is 0 Å². The minimum absolute atomic E-state index is 0.203. The zero-order chi connectivity index (χ0) is 37.9. The van der Waals surface area contributed by atoms with Gasteiger partial charge in [0.2, 0.25) is 0 Å². The summed E-state index contributed by atoms with van der Waals surface area (Å²) < 4.78 is 78.6. The maximum atomic E-state index is 12.7. The van der Waals surface area contributed by atoms with E-state index in [2.05, 4.69) is 22.8 Å². The maximum Gasteiger partial charge on any atom is 0.490 e. The van der Waals surface area contributed by atoms with E-state index in [1.54, 1.807) is 48.5 Å². The number of nitrogens with one attached hydrogen (secondary N) is 2. The number of nitrogens with zero attached hydrogens (tertiary/aromatic N) is 1. The minimum Gasteiger partial charge on any atom is -0.438 e. The van der Waals surface area contributed by atoms with Gasteiger partial charge in [-0.3, -0.25) is 28.8 Å². The molecule has 52 heavy (non-hydrogen) atoms. The van der Waals surface area contributed by atoms with Crippen LogP contribution in [-0.4, -0.2) is 65.2 Å². The second-order valence-corrected chi connectivity index (χ2v) is 17.4. The van der Waals surface area contributed by atoms with Crippen molar-refractivity contribution < 1.29 is 74.7 Å². The summed E-state index contributed by atoms with van der Waals surface area (Å²) in [6, 6.07) is 20.0. The van der Waals surface area contributed by atoms with Crippen molar-refractivity contribution in [3.8, 4) is 0 Å². The van der Waals surface area contributed by atoms with Crippen LogP contribution in [0.25, 0.3) is 10.8 Å². The summed E-state index contributed by atoms with van der Waals surface area (Å²) in [5.41, 5.74) is -1.40. The van der Waals surface area contributed by atoms with E-state index in [0.29, 0.717) is 10.8 Å². The van der Waals surface area contributed by atoms with Gasteiger partial charge in [-0.1, -0.05) is 60.7 Å². The number of hydrogen-bond acceptors (Lipinski definition) is 14. The zero-order valence-electron chi connectivity index (χ0n) is 26.1. The molecule has 0 radical (unpaired) electrons. The number of aliphatic hydroxyl groups is 1. The fourth-order valence-corrected chi connectivity index (χ4v) is 10.6. The van der Waals surface area contributed by atoms with Crippen LogP contribution in [-0.2, 0) is 51.4 Å². The molecule has 0 bridgehead atoms. The van der Waals surface area contributed by atoms with Crippen molar-refractivity contribution in [2.75, 3.05) is 11.9 Å². The summed E-state index contributed by atoms with van der Waals surface area (Å²) in [4.78, 5) is 78.9. The van der Waals surface area contributed by atoms with Crippen molar-refractivity contribution in [1.82, 2.24) is 9.55 Å². The first kappa shape index (κ1) is 39.6. The highest BCUT2D eigenvalue weighted by molar-refractivity contribution is 7.70. The van der Waals surface area contributed by atoms with Crippen LogP contribution in [0, 0.1) is 0 Å². The Kier molecular flexibility index (Phi) is 12.0. The number of H-pyrrole nitrogens is 1. The van der Waals surface area contributed by atoms with E-state index in [-0.39, 0.29) is 11.3 Å². The summed E-state index contributed by atoms with van der Waals surface area (Å²) in [5.74, 6) is 0. The molecule has 25 heteroatoms. The molecule has 1 saturated heterocycles. The van der Waals surface area contributed by atoms with Crippen LogP contribution in [0.1, 0.15) is 11.8 Å². The molecule has 4 aromatic rings. The smallest absolute Gasteiger partial charge is 0.438 e. The van der Waals surface area contributed by atoms with Crippen LogP contribution >= 0.6 is 31.1 Å². The molecule has 5 rings (SSSR count). The average molecular weight is 807 g/mol. The highest BCUT2D eigenvalue weighted by atomic mass is 31.3. The lowest BCUT2D eigenvalue weighted by atomic mass is 10.1. The SMILES string of the molecule is O=C(Nc1ccccc1)OC1[C@@H](O)[C@@H](COP(=O)(O)OP(=O)(O)OP(=O)(O)OP(=O)(O)Cc2cccc3ccccc23)O[C@H]1n1ccc(=O)[nH]c1=O. The second-order valence-electron chi connectivity index (χ2n) is 10.8. The zero-order valence-corrected chi connectivity index (χ0v) is 29.7. The fourth-order valence-electron chi connectivity index (χ4n) is 4.94. The van der Waals surface area contributed by atoms with E-state index >= 15 is 0 Å². The van der Waals surface area contributed by atoms with E-state index in [4.69, 9.17) is 9.47 Å². The van der Waals surface area contributed by atoms with Gasteiger partial charge in [-0.2, -0.15) is 8.62 Å². The third kappa shape index (κ3) is 10.5. The molecule has 0 saturated carbocycles. The first-order chi connectivity index (χ1) is 24.3. The van der Waals surface area contributed by atoms with Crippen LogP contribution in [0.2, 0.25) is 0 Å². The van der Waals surface area contributed by atoms with Crippen LogP contribution in [0.3, 0.4) is 0 Å². The number of benzene rings is 3. The molecule has 1 aliphatic heterocycles. The molecular formula is C27H29N3O18P4. The molecule has 0 aliphatic carbocycles. The third-order valence-corrected chi connectivity index (χ3v) is 13.4. The lowest BCUT2D eigenvalue weighted by Crippen LogP contribution is -2.41. The van der Waals surface area contributed by atoms with Gasteiger partial charge in [0.05, 0.1) is 12.8 Å². The highest BCUT2D eigenvalue weighted by Gasteiger charge is 2.50. The molecule has 280 valence electrons. The molecule has 1 amide bonds. The number of aromatic nitrogens is 2. The number of anilines is 1. The van der Waals surface area contributed by atoms with Crippen LogP contribution in [0.5, 0.6) is 0 Å². The second kappa shape index (κ2) is 15.8. The number of amides is 1. The van der Waals surface area contributed by atoms with E-state index in [1.165, 1.54) is 24.3 Å². The summed E-state index contributed by atoms with van der Waals surface area (Å²) in [6.45, 7) is -1.19. The first-order valence-corrected chi connectivity index (χ1v) is 20.8. The fraction of sp³-hybridized carbons (Fsp3) is 0.222. The van der Waals surface area contributed by atoms with Gasteiger partial charge < -0.3 is 34.2 Å². The van der Waals surface area contributed by atoms with E-state index in [0.717, 1.165) is 16.8 Å². The molecule has 5 unspecified atom stereocenters. The Morgan fingerprint density at radius 3 is 2.17 bits per heavy atom. The summed E-state index contributed by atoms with van der Waals surface area (Å²) in [7, 11) is -23.0. The Balaban J connectivity index is 1.23. The molecule has 7 N–H and O–H groups in total. The van der Waals surface area contributed by atoms with Gasteiger partial charge >= 0.3 is 42.8 Å². The lowest BCUT2D eigenvalue weighted by molar-refractivity contribution is -0.0551. The number of rotatable bonds is 14. The topological polar surface area (TPSA) is 309 Å². The molecule has 21 nitrogen and oxygen atoms in total. The van der Waals surface area contributed by atoms with Crippen LogP contribution in [0.15, 0.2) is 94.6 Å². The van der Waals surface area contributed by atoms with Crippen molar-refractivity contribution in [1.29, 1.82) is 0 Å². The Bertz CT molecular complexity index is 2240. The quantitative estimate of drug-likeness (QED) is 0.0899. The molecule has 3 aromatic carbocycles. The van der Waals surface area contributed by atoms with Gasteiger partial charge in [0, 0.05) is 18.0 Å². The number of carbonyl (C=O) groups is 1. The predicted octanol–water partition coefficient (Wildman–Crippen LogP) is 3.32. The predicted molar refractivity (Wildman–Crippen MR) is 178 cm³/mol. The van der Waals surface area contributed by atoms with Gasteiger partial charge in [0.1, 0.15) is 12.2 Å². The van der Waals surface area contributed by atoms with Gasteiger partial charge in [0.25, 0.3) is 5.56 Å². The minimum atomic E-state index is -6.12. The van der Waals surface area contributed by atoms with Crippen molar-refractivity contribution in [2.45, 2.75) is 30.7 Å². The van der Waals surface area contributed by atoms with Crippen LogP contribution in [0.4, 0.5) is 10.5 Å². The van der Waals surface area contributed by atoms with Gasteiger partial charge in [-0.25, -0.2) is 27.6 Å². The maximum absolute atomic E-state index is 12.7. The Morgan fingerprint density at radius 2 is 1.46 bits per heavy atom. The van der Waals surface area contributed by atoms with E-state index in [9.17, 15) is 57.3 Å². The summed E-state index contributed by atoms with van der Waals surface area (Å²) in [6.07, 6.45) is -8.16. The van der Waals surface area contributed by atoms with E-state index in [1.807, 2.05) is 4.98 Å². The molecule has 2 heterocycles. The van der Waals surface area contributed by atoms with Crippen molar-refractivity contribution >= 4 is 53.6 Å². The number of phosphoric acid groups is 3. The monoisotopic (exact) mass is 807 g/mol. The molecule has 1 fully saturated rings. The van der Waals surface area contributed by atoms with Gasteiger partial charge in [0.15, 0.2) is 12.3 Å². The standard InChI is InChI=1S/C27H29N3O18P4/c31-22-13-14-30(26(33)29-22)25-24(45-27(34)28-19-10-2-1-3-11-19)23(32)21(44-25)15-43-50(37,38)47-52(41,42)48-51(39,40)46-49(35,36)16-18-9-6-8-17-7-4-5-12-20(17)18/h1-14,21,23-25,32H,15-16H2,(H,28,34)(H,35,36)(H,37,38)(H,39,40)(H,41,42)(H,29,31,33)/t21-,23+,24?,25-/m1/s1. The first-order valence-electron chi connectivity index (χ1n) is 14.6. The van der Waals surface area contributed by atoms with Crippen molar-refractivity contribution in [3.05, 3.63) is 111 Å². The highest BCUT2D eigenvalue weighted by Crippen LogP contribution is 2.71. The number of ether oxygens (including phenoxy) is 2. The number of aliphatic hydroxyl groups excluding tert-OH is 1. The summed E-state index contributed by atoms with van der Waals surface area (Å²) in [5, 5.41) is 14.4. The average Bonchev–Trinajstić information content (AvgIpc) is 3.32. The number of fused-ring (bicyclic) bond motifs is 1. The summed E-state index contributed by atoms with van der Waals surface area (Å²) >= 11 is 0. The normalized spacial score (nSPS) is 23.5. The van der Waals surface area contributed by atoms with Crippen molar-refractivity contribution in [2.24, 2.45) is 0 Å². The number of aromatic amines is 1. The Morgan fingerprint density at radius 1 is 0.827 bits per heavy atom. The molecule has 1 aromatic heterocycles. The molecule has 1 aliphatic rings. The number of carbonyl (C=O) groups excluding carboxylic acids is 1. The van der Waals surface area contributed by atoms with Gasteiger partial charge in [-0.05, 0) is 28.5 Å².